The van der Waals surface area contributed by atoms with Crippen LogP contribution in [0.15, 0.2) is 0 Å². The van der Waals surface area contributed by atoms with Crippen molar-refractivity contribution >= 4 is 23.3 Å². The largest absolute Gasteiger partial charge is 0.481 e. The second-order valence-electron chi connectivity index (χ2n) is 8.70. The third-order valence-corrected chi connectivity index (χ3v) is 7.01. The third-order valence-electron chi connectivity index (χ3n) is 7.01. The molecule has 0 aromatic heterocycles. The second-order valence-corrected chi connectivity index (χ2v) is 8.70. The van der Waals surface area contributed by atoms with Crippen LogP contribution in [-0.2, 0) is 19.2 Å². The highest BCUT2D eigenvalue weighted by Gasteiger charge is 2.62. The van der Waals surface area contributed by atoms with Crippen molar-refractivity contribution in [3.05, 3.63) is 0 Å². The van der Waals surface area contributed by atoms with Crippen LogP contribution in [0.25, 0.3) is 0 Å². The van der Waals surface area contributed by atoms with Crippen molar-refractivity contribution in [3.8, 4) is 0 Å². The molecule has 0 heterocycles. The molecule has 2 rings (SSSR count). The number of ketones is 3. The van der Waals surface area contributed by atoms with Crippen LogP contribution in [-0.4, -0.2) is 28.4 Å². The molecule has 134 valence electrons. The number of Topliss-reactive ketones (excluding diaryl/α,β-unsaturated/α-hetero) is 3. The molecule has 4 unspecified atom stereocenters. The average molecular weight is 336 g/mol. The zero-order valence-electron chi connectivity index (χ0n) is 15.3. The Morgan fingerprint density at radius 3 is 2.21 bits per heavy atom. The van der Waals surface area contributed by atoms with Gasteiger partial charge < -0.3 is 5.11 Å². The van der Waals surface area contributed by atoms with Crippen molar-refractivity contribution in [1.82, 2.24) is 0 Å². The summed E-state index contributed by atoms with van der Waals surface area (Å²) >= 11 is 0. The number of carbonyl (C=O) groups excluding carboxylic acids is 3. The quantitative estimate of drug-likeness (QED) is 0.797. The molecule has 0 aromatic rings. The van der Waals surface area contributed by atoms with Gasteiger partial charge in [0.05, 0.1) is 0 Å². The molecule has 2 aliphatic rings. The van der Waals surface area contributed by atoms with Crippen LogP contribution in [0, 0.1) is 28.1 Å². The van der Waals surface area contributed by atoms with Gasteiger partial charge in [0.15, 0.2) is 5.78 Å². The molecule has 5 nitrogen and oxygen atoms in total. The monoisotopic (exact) mass is 336 g/mol. The van der Waals surface area contributed by atoms with Gasteiger partial charge in [-0.2, -0.15) is 0 Å². The van der Waals surface area contributed by atoms with Gasteiger partial charge in [-0.25, -0.2) is 0 Å². The number of carboxylic acids is 1. The van der Waals surface area contributed by atoms with E-state index in [1.54, 1.807) is 6.92 Å². The Labute approximate surface area is 143 Å². The number of fused-ring (bicyclic) bond motifs is 1. The summed E-state index contributed by atoms with van der Waals surface area (Å²) in [6, 6.07) is 0. The lowest BCUT2D eigenvalue weighted by Crippen LogP contribution is -2.60. The average Bonchev–Trinajstić information content (AvgIpc) is 2.46. The van der Waals surface area contributed by atoms with Gasteiger partial charge in [0.1, 0.15) is 5.78 Å². The predicted molar refractivity (Wildman–Crippen MR) is 88.4 cm³/mol. The minimum atomic E-state index is -0.966. The maximum atomic E-state index is 12.6. The van der Waals surface area contributed by atoms with Crippen molar-refractivity contribution in [3.63, 3.8) is 0 Å². The molecule has 2 aliphatic carbocycles. The van der Waals surface area contributed by atoms with Crippen LogP contribution in [0.3, 0.4) is 0 Å². The fraction of sp³-hybridized carbons (Fsp3) is 0.789. The first-order chi connectivity index (χ1) is 10.9. The van der Waals surface area contributed by atoms with Crippen LogP contribution in [0.5, 0.6) is 0 Å². The fourth-order valence-corrected chi connectivity index (χ4v) is 5.66. The minimum Gasteiger partial charge on any atom is -0.481 e. The maximum absolute atomic E-state index is 12.6. The summed E-state index contributed by atoms with van der Waals surface area (Å²) < 4.78 is 0. The summed E-state index contributed by atoms with van der Waals surface area (Å²) in [5.74, 6) is -2.14. The molecule has 2 saturated carbocycles. The van der Waals surface area contributed by atoms with Gasteiger partial charge in [0.2, 0.25) is 5.78 Å². The number of aliphatic carboxylic acids is 1. The van der Waals surface area contributed by atoms with E-state index >= 15 is 0 Å². The van der Waals surface area contributed by atoms with Gasteiger partial charge in [-0.05, 0) is 36.5 Å². The summed E-state index contributed by atoms with van der Waals surface area (Å²) in [7, 11) is 0. The first-order valence-corrected chi connectivity index (χ1v) is 8.68. The van der Waals surface area contributed by atoms with Gasteiger partial charge in [0, 0.05) is 30.6 Å². The van der Waals surface area contributed by atoms with E-state index in [1.807, 2.05) is 20.8 Å². The Hall–Kier alpha value is -1.52. The molecule has 2 fully saturated rings. The van der Waals surface area contributed by atoms with Crippen molar-refractivity contribution in [1.29, 1.82) is 0 Å². The zero-order chi connectivity index (χ0) is 18.5. The van der Waals surface area contributed by atoms with E-state index in [4.69, 9.17) is 0 Å². The standard InChI is InChI=1S/C19H28O5/c1-11(20)16(24)19(5)8-6-12-17(2,3)14(21)7-9-18(12,4)13(19)10-15(22)23/h12-13H,6-10H2,1-5H3,(H,22,23). The molecular formula is C19H28O5. The van der Waals surface area contributed by atoms with E-state index in [-0.39, 0.29) is 18.1 Å². The molecule has 0 aliphatic heterocycles. The normalized spacial score (nSPS) is 38.3. The molecule has 4 atom stereocenters. The Morgan fingerprint density at radius 2 is 1.71 bits per heavy atom. The summed E-state index contributed by atoms with van der Waals surface area (Å²) in [4.78, 5) is 48.4. The van der Waals surface area contributed by atoms with Crippen LogP contribution >= 0.6 is 0 Å². The Balaban J connectivity index is 2.55. The van der Waals surface area contributed by atoms with Crippen LogP contribution in [0.4, 0.5) is 0 Å². The van der Waals surface area contributed by atoms with Gasteiger partial charge in [0.25, 0.3) is 0 Å². The number of carboxylic acid groups (broad SMARTS) is 1. The molecule has 0 radical (unpaired) electrons. The van der Waals surface area contributed by atoms with Gasteiger partial charge in [-0.15, -0.1) is 0 Å². The Morgan fingerprint density at radius 1 is 1.12 bits per heavy atom. The zero-order valence-corrected chi connectivity index (χ0v) is 15.3. The van der Waals surface area contributed by atoms with E-state index in [0.717, 1.165) is 0 Å². The second kappa shape index (κ2) is 5.78. The van der Waals surface area contributed by atoms with Gasteiger partial charge in [-0.1, -0.05) is 27.7 Å². The summed E-state index contributed by atoms with van der Waals surface area (Å²) in [5, 5.41) is 9.44. The molecule has 0 bridgehead atoms. The van der Waals surface area contributed by atoms with Crippen LogP contribution < -0.4 is 0 Å². The number of hydrogen-bond donors (Lipinski definition) is 1. The van der Waals surface area contributed by atoms with Gasteiger partial charge >= 0.3 is 5.97 Å². The molecular weight excluding hydrogens is 308 g/mol. The van der Waals surface area contributed by atoms with Crippen molar-refractivity contribution in [2.75, 3.05) is 0 Å². The van der Waals surface area contributed by atoms with E-state index in [1.165, 1.54) is 6.92 Å². The highest BCUT2D eigenvalue weighted by Crippen LogP contribution is 2.64. The number of carbonyl (C=O) groups is 4. The molecule has 5 heteroatoms. The van der Waals surface area contributed by atoms with E-state index in [2.05, 4.69) is 0 Å². The minimum absolute atomic E-state index is 0.0310. The topological polar surface area (TPSA) is 88.5 Å². The highest BCUT2D eigenvalue weighted by atomic mass is 16.4. The smallest absolute Gasteiger partial charge is 0.303 e. The lowest BCUT2D eigenvalue weighted by molar-refractivity contribution is -0.172. The number of rotatable bonds is 4. The summed E-state index contributed by atoms with van der Waals surface area (Å²) in [6.07, 6.45) is 1.97. The maximum Gasteiger partial charge on any atom is 0.303 e. The highest BCUT2D eigenvalue weighted by molar-refractivity contribution is 6.38. The lowest BCUT2D eigenvalue weighted by Gasteiger charge is -2.61. The predicted octanol–water partition coefficient (Wildman–Crippen LogP) is 3.05. The summed E-state index contributed by atoms with van der Waals surface area (Å²) in [5.41, 5.74) is -1.93. The Bertz CT molecular complexity index is 605. The van der Waals surface area contributed by atoms with Crippen molar-refractivity contribution in [2.24, 2.45) is 28.1 Å². The van der Waals surface area contributed by atoms with Crippen molar-refractivity contribution < 1.29 is 24.3 Å². The first kappa shape index (κ1) is 18.8. The van der Waals surface area contributed by atoms with E-state index < -0.39 is 39.7 Å². The lowest BCUT2D eigenvalue weighted by atomic mass is 9.42. The van der Waals surface area contributed by atoms with Crippen LogP contribution in [0.1, 0.15) is 66.7 Å². The summed E-state index contributed by atoms with van der Waals surface area (Å²) in [6.45, 7) is 8.89. The first-order valence-electron chi connectivity index (χ1n) is 8.68. The SMILES string of the molecule is CC(=O)C(=O)C1(C)CCC2C(C)(C)C(=O)CCC2(C)C1CC(=O)O. The van der Waals surface area contributed by atoms with Crippen molar-refractivity contribution in [2.45, 2.75) is 66.7 Å². The van der Waals surface area contributed by atoms with Gasteiger partial charge in [-0.3, -0.25) is 19.2 Å². The molecule has 0 saturated heterocycles. The molecule has 0 spiro atoms. The Kier molecular flexibility index (Phi) is 4.53. The molecule has 0 amide bonds. The number of hydrogen-bond acceptors (Lipinski definition) is 4. The molecule has 24 heavy (non-hydrogen) atoms. The molecule has 1 N–H and O–H groups in total. The van der Waals surface area contributed by atoms with E-state index in [9.17, 15) is 24.3 Å². The fourth-order valence-electron chi connectivity index (χ4n) is 5.66. The molecule has 0 aromatic carbocycles. The third kappa shape index (κ3) is 2.62. The van der Waals surface area contributed by atoms with Crippen LogP contribution in [0.2, 0.25) is 0 Å². The van der Waals surface area contributed by atoms with E-state index in [0.29, 0.717) is 25.7 Å².